The lowest BCUT2D eigenvalue weighted by molar-refractivity contribution is 0.646. The van der Waals surface area contributed by atoms with Gasteiger partial charge in [0.05, 0.1) is 6.54 Å². The number of halogens is 1. The molecule has 0 amide bonds. The molecule has 2 aromatic rings. The van der Waals surface area contributed by atoms with Gasteiger partial charge in [-0.1, -0.05) is 37.3 Å². The number of thiazole rings is 1. The van der Waals surface area contributed by atoms with E-state index in [1.165, 1.54) is 23.3 Å². The molecule has 1 aromatic carbocycles. The topological polar surface area (TPSA) is 49.3 Å². The maximum absolute atomic E-state index is 4.70. The van der Waals surface area contributed by atoms with E-state index in [9.17, 15) is 0 Å². The Kier molecular flexibility index (Phi) is 7.68. The van der Waals surface area contributed by atoms with Crippen LogP contribution in [0.15, 0.2) is 41.5 Å². The van der Waals surface area contributed by atoms with Gasteiger partial charge >= 0.3 is 0 Å². The molecule has 0 saturated heterocycles. The van der Waals surface area contributed by atoms with Crippen LogP contribution in [0.5, 0.6) is 0 Å². The molecule has 136 valence electrons. The van der Waals surface area contributed by atoms with E-state index < -0.39 is 0 Å². The zero-order valence-corrected chi connectivity index (χ0v) is 18.1. The van der Waals surface area contributed by atoms with E-state index in [0.717, 1.165) is 30.5 Å². The molecule has 0 aliphatic heterocycles. The van der Waals surface area contributed by atoms with Crippen molar-refractivity contribution in [2.45, 2.75) is 45.1 Å². The van der Waals surface area contributed by atoms with Gasteiger partial charge in [-0.05, 0) is 31.7 Å². The Morgan fingerprint density at radius 2 is 1.96 bits per heavy atom. The largest absolute Gasteiger partial charge is 0.357 e. The summed E-state index contributed by atoms with van der Waals surface area (Å²) < 4.78 is 0. The van der Waals surface area contributed by atoms with Crippen molar-refractivity contribution >= 4 is 41.3 Å². The van der Waals surface area contributed by atoms with Crippen molar-refractivity contribution in [3.8, 4) is 0 Å². The van der Waals surface area contributed by atoms with Crippen molar-refractivity contribution < 1.29 is 0 Å². The maximum atomic E-state index is 4.70. The Bertz CT molecular complexity index is 680. The number of rotatable bonds is 7. The first-order valence-corrected chi connectivity index (χ1v) is 9.58. The third-order valence-electron chi connectivity index (χ3n) is 4.50. The molecule has 6 heteroatoms. The molecule has 0 atom stereocenters. The molecule has 1 saturated carbocycles. The van der Waals surface area contributed by atoms with Gasteiger partial charge < -0.3 is 10.6 Å². The Morgan fingerprint density at radius 3 is 2.56 bits per heavy atom. The Morgan fingerprint density at radius 1 is 1.20 bits per heavy atom. The first-order chi connectivity index (χ1) is 11.8. The highest BCUT2D eigenvalue weighted by Crippen LogP contribution is 2.47. The van der Waals surface area contributed by atoms with Crippen molar-refractivity contribution in [3.63, 3.8) is 0 Å². The lowest BCUT2D eigenvalue weighted by Gasteiger charge is -2.19. The van der Waals surface area contributed by atoms with Crippen LogP contribution in [0.2, 0.25) is 0 Å². The van der Waals surface area contributed by atoms with Gasteiger partial charge in [0, 0.05) is 29.6 Å². The summed E-state index contributed by atoms with van der Waals surface area (Å²) in [7, 11) is 0. The fourth-order valence-electron chi connectivity index (χ4n) is 2.84. The van der Waals surface area contributed by atoms with Gasteiger partial charge in [0.2, 0.25) is 0 Å². The van der Waals surface area contributed by atoms with E-state index in [2.05, 4.69) is 59.8 Å². The zero-order chi connectivity index (χ0) is 16.8. The van der Waals surface area contributed by atoms with Crippen LogP contribution >= 0.6 is 35.3 Å². The number of aromatic nitrogens is 1. The predicted octanol–water partition coefficient (Wildman–Crippen LogP) is 4.11. The van der Waals surface area contributed by atoms with Crippen molar-refractivity contribution in [2.24, 2.45) is 4.99 Å². The molecule has 4 nitrogen and oxygen atoms in total. The minimum absolute atomic E-state index is 0. The number of hydrogen-bond donors (Lipinski definition) is 2. The summed E-state index contributed by atoms with van der Waals surface area (Å²) in [5.74, 6) is 0.882. The molecule has 0 radical (unpaired) electrons. The van der Waals surface area contributed by atoms with E-state index in [0.29, 0.717) is 6.54 Å². The first-order valence-electron chi connectivity index (χ1n) is 8.77. The van der Waals surface area contributed by atoms with E-state index in [1.807, 2.05) is 6.20 Å². The third-order valence-corrected chi connectivity index (χ3v) is 5.63. The van der Waals surface area contributed by atoms with Crippen LogP contribution in [-0.2, 0) is 18.4 Å². The summed E-state index contributed by atoms with van der Waals surface area (Å²) in [5, 5.41) is 7.95. The van der Waals surface area contributed by atoms with Gasteiger partial charge in [-0.15, -0.1) is 35.3 Å². The summed E-state index contributed by atoms with van der Waals surface area (Å²) in [4.78, 5) is 10.5. The quantitative estimate of drug-likeness (QED) is 0.364. The standard InChI is InChI=1S/C19H26N4S.HI/c1-3-16-12-21-17(24-16)13-22-18(20-4-2)23-14-19(10-11-19)15-8-6-5-7-9-15;/h5-9,12H,3-4,10-11,13-14H2,1-2H3,(H2,20,22,23);1H. The van der Waals surface area contributed by atoms with Gasteiger partial charge in [0.25, 0.3) is 0 Å². The number of aliphatic imine (C=N–C) groups is 1. The second-order valence-electron chi connectivity index (χ2n) is 6.27. The second-order valence-corrected chi connectivity index (χ2v) is 7.47. The number of benzene rings is 1. The molecular formula is C19H27IN4S. The lowest BCUT2D eigenvalue weighted by atomic mass is 9.96. The summed E-state index contributed by atoms with van der Waals surface area (Å²) in [6.45, 7) is 6.69. The van der Waals surface area contributed by atoms with Crippen LogP contribution in [0.1, 0.15) is 42.1 Å². The average Bonchev–Trinajstić information content (AvgIpc) is 3.28. The average molecular weight is 470 g/mol. The van der Waals surface area contributed by atoms with Crippen LogP contribution in [-0.4, -0.2) is 24.0 Å². The van der Waals surface area contributed by atoms with E-state index in [-0.39, 0.29) is 29.4 Å². The Labute approximate surface area is 171 Å². The number of nitrogens with one attached hydrogen (secondary N) is 2. The number of guanidine groups is 1. The smallest absolute Gasteiger partial charge is 0.191 e. The van der Waals surface area contributed by atoms with Crippen molar-refractivity contribution in [2.75, 3.05) is 13.1 Å². The van der Waals surface area contributed by atoms with Gasteiger partial charge in [-0.3, -0.25) is 0 Å². The summed E-state index contributed by atoms with van der Waals surface area (Å²) in [6.07, 6.45) is 5.50. The zero-order valence-electron chi connectivity index (χ0n) is 14.9. The number of aryl methyl sites for hydroxylation is 1. The minimum Gasteiger partial charge on any atom is -0.357 e. The van der Waals surface area contributed by atoms with E-state index >= 15 is 0 Å². The van der Waals surface area contributed by atoms with Crippen LogP contribution < -0.4 is 10.6 Å². The van der Waals surface area contributed by atoms with Crippen LogP contribution in [0, 0.1) is 0 Å². The molecular weight excluding hydrogens is 443 g/mol. The highest BCUT2D eigenvalue weighted by Gasteiger charge is 2.43. The highest BCUT2D eigenvalue weighted by atomic mass is 127. The molecule has 1 fully saturated rings. The Balaban J connectivity index is 0.00000225. The van der Waals surface area contributed by atoms with Crippen molar-refractivity contribution in [3.05, 3.63) is 52.0 Å². The van der Waals surface area contributed by atoms with E-state index in [4.69, 9.17) is 4.99 Å². The molecule has 0 unspecified atom stereocenters. The molecule has 2 N–H and O–H groups in total. The monoisotopic (exact) mass is 470 g/mol. The molecule has 0 spiro atoms. The highest BCUT2D eigenvalue weighted by molar-refractivity contribution is 14.0. The minimum atomic E-state index is 0. The lowest BCUT2D eigenvalue weighted by Crippen LogP contribution is -2.41. The summed E-state index contributed by atoms with van der Waals surface area (Å²) in [6, 6.07) is 10.8. The van der Waals surface area contributed by atoms with Crippen molar-refractivity contribution in [1.82, 2.24) is 15.6 Å². The molecule has 25 heavy (non-hydrogen) atoms. The van der Waals surface area contributed by atoms with Crippen LogP contribution in [0.4, 0.5) is 0 Å². The summed E-state index contributed by atoms with van der Waals surface area (Å²) in [5.41, 5.74) is 1.72. The normalized spacial score (nSPS) is 15.4. The molecule has 3 rings (SSSR count). The van der Waals surface area contributed by atoms with Crippen LogP contribution in [0.25, 0.3) is 0 Å². The van der Waals surface area contributed by atoms with Gasteiger partial charge in [0.15, 0.2) is 5.96 Å². The fraction of sp³-hybridized carbons (Fsp3) is 0.474. The predicted molar refractivity (Wildman–Crippen MR) is 117 cm³/mol. The molecule has 1 aliphatic carbocycles. The van der Waals surface area contributed by atoms with Gasteiger partial charge in [-0.2, -0.15) is 0 Å². The van der Waals surface area contributed by atoms with E-state index in [1.54, 1.807) is 11.3 Å². The second kappa shape index (κ2) is 9.52. The summed E-state index contributed by atoms with van der Waals surface area (Å²) >= 11 is 1.75. The number of hydrogen-bond acceptors (Lipinski definition) is 3. The third kappa shape index (κ3) is 5.41. The fourth-order valence-corrected chi connectivity index (χ4v) is 3.62. The molecule has 0 bridgehead atoms. The molecule has 1 aliphatic rings. The SMILES string of the molecule is CCNC(=NCc1ncc(CC)s1)NCC1(c2ccccc2)CC1.I. The van der Waals surface area contributed by atoms with Crippen molar-refractivity contribution in [1.29, 1.82) is 0 Å². The number of nitrogens with zero attached hydrogens (tertiary/aromatic N) is 2. The maximum Gasteiger partial charge on any atom is 0.191 e. The first kappa shape index (κ1) is 20.2. The van der Waals surface area contributed by atoms with Gasteiger partial charge in [0.1, 0.15) is 5.01 Å². The molecule has 1 heterocycles. The Hall–Kier alpha value is -1.15. The van der Waals surface area contributed by atoms with Gasteiger partial charge in [-0.25, -0.2) is 9.98 Å². The molecule has 1 aromatic heterocycles. The van der Waals surface area contributed by atoms with Crippen LogP contribution in [0.3, 0.4) is 0 Å².